The fraction of sp³-hybridized carbons (Fsp3) is 0. The molecule has 0 aliphatic heterocycles. The first-order valence-corrected chi connectivity index (χ1v) is 5.88. The third kappa shape index (κ3) is 1.06. The fourth-order valence-electron chi connectivity index (χ4n) is 2.59. The van der Waals surface area contributed by atoms with Gasteiger partial charge in [-0.1, -0.05) is 36.4 Å². The van der Waals surface area contributed by atoms with E-state index >= 15 is 0 Å². The Morgan fingerprint density at radius 2 is 1.61 bits per heavy atom. The van der Waals surface area contributed by atoms with E-state index in [2.05, 4.69) is 21.5 Å². The van der Waals surface area contributed by atoms with Crippen molar-refractivity contribution in [1.82, 2.24) is 9.38 Å². The van der Waals surface area contributed by atoms with Gasteiger partial charge in [-0.05, 0) is 12.1 Å². The molecule has 2 aromatic heterocycles. The van der Waals surface area contributed by atoms with Crippen molar-refractivity contribution < 1.29 is 0 Å². The van der Waals surface area contributed by atoms with E-state index in [1.54, 1.807) is 0 Å². The minimum Gasteiger partial charge on any atom is -0.396 e. The highest BCUT2D eigenvalue weighted by Gasteiger charge is 2.11. The molecule has 86 valence electrons. The Morgan fingerprint density at radius 1 is 0.889 bits per heavy atom. The first-order valence-electron chi connectivity index (χ1n) is 5.88. The summed E-state index contributed by atoms with van der Waals surface area (Å²) in [6.07, 6.45) is 1.84. The molecule has 0 aliphatic rings. The standard InChI is InChI=1S/C15H11N3/c16-14-11-6-2-4-8-13(11)18-9-17-12-7-3-1-5-10(12)15(14)18/h1-9H,16H2. The van der Waals surface area contributed by atoms with Crippen LogP contribution in [0.5, 0.6) is 0 Å². The molecule has 0 unspecified atom stereocenters. The van der Waals surface area contributed by atoms with E-state index in [1.165, 1.54) is 0 Å². The largest absolute Gasteiger partial charge is 0.396 e. The predicted octanol–water partition coefficient (Wildman–Crippen LogP) is 3.22. The normalized spacial score (nSPS) is 11.6. The van der Waals surface area contributed by atoms with Gasteiger partial charge in [-0.15, -0.1) is 0 Å². The summed E-state index contributed by atoms with van der Waals surface area (Å²) in [6.45, 7) is 0. The molecule has 2 N–H and O–H groups in total. The zero-order valence-electron chi connectivity index (χ0n) is 9.67. The number of anilines is 1. The molecule has 0 aliphatic carbocycles. The molecule has 0 saturated carbocycles. The van der Waals surface area contributed by atoms with E-state index < -0.39 is 0 Å². The first kappa shape index (κ1) is 9.48. The van der Waals surface area contributed by atoms with E-state index in [0.29, 0.717) is 0 Å². The summed E-state index contributed by atoms with van der Waals surface area (Å²) in [5.74, 6) is 0. The predicted molar refractivity (Wildman–Crippen MR) is 74.6 cm³/mol. The van der Waals surface area contributed by atoms with Crippen molar-refractivity contribution in [2.24, 2.45) is 0 Å². The number of rotatable bonds is 0. The highest BCUT2D eigenvalue weighted by Crippen LogP contribution is 2.32. The Bertz CT molecular complexity index is 890. The van der Waals surface area contributed by atoms with Crippen LogP contribution in [-0.2, 0) is 0 Å². The second-order valence-corrected chi connectivity index (χ2v) is 4.41. The van der Waals surface area contributed by atoms with Crippen molar-refractivity contribution in [2.75, 3.05) is 5.73 Å². The highest BCUT2D eigenvalue weighted by atomic mass is 15.0. The molecule has 2 heterocycles. The van der Waals surface area contributed by atoms with Gasteiger partial charge in [0, 0.05) is 10.8 Å². The minimum absolute atomic E-state index is 0.823. The van der Waals surface area contributed by atoms with Gasteiger partial charge in [-0.25, -0.2) is 4.98 Å². The van der Waals surface area contributed by atoms with Crippen molar-refractivity contribution in [3.63, 3.8) is 0 Å². The maximum absolute atomic E-state index is 6.29. The average Bonchev–Trinajstić information content (AvgIpc) is 2.73. The molecule has 4 aromatic rings. The number of hydrogen-bond acceptors (Lipinski definition) is 2. The monoisotopic (exact) mass is 233 g/mol. The van der Waals surface area contributed by atoms with Gasteiger partial charge in [-0.2, -0.15) is 0 Å². The molecule has 0 amide bonds. The molecule has 2 aromatic carbocycles. The number of nitrogens with two attached hydrogens (primary N) is 1. The summed E-state index contributed by atoms with van der Waals surface area (Å²) < 4.78 is 2.06. The maximum atomic E-state index is 6.29. The number of fused-ring (bicyclic) bond motifs is 5. The second-order valence-electron chi connectivity index (χ2n) is 4.41. The van der Waals surface area contributed by atoms with Crippen LogP contribution in [-0.4, -0.2) is 9.38 Å². The van der Waals surface area contributed by atoms with E-state index in [4.69, 9.17) is 5.73 Å². The zero-order valence-corrected chi connectivity index (χ0v) is 9.67. The van der Waals surface area contributed by atoms with Crippen LogP contribution in [0.4, 0.5) is 5.69 Å². The molecule has 3 heteroatoms. The van der Waals surface area contributed by atoms with Gasteiger partial charge in [0.25, 0.3) is 0 Å². The molecule has 0 spiro atoms. The van der Waals surface area contributed by atoms with Crippen LogP contribution in [0.25, 0.3) is 27.3 Å². The maximum Gasteiger partial charge on any atom is 0.100 e. The fourth-order valence-corrected chi connectivity index (χ4v) is 2.59. The van der Waals surface area contributed by atoms with E-state index in [0.717, 1.165) is 33.0 Å². The Morgan fingerprint density at radius 3 is 2.50 bits per heavy atom. The SMILES string of the molecule is Nc1c2ccccc2n2cnc3ccccc3c12. The topological polar surface area (TPSA) is 43.3 Å². The van der Waals surface area contributed by atoms with Crippen LogP contribution < -0.4 is 5.73 Å². The second kappa shape index (κ2) is 3.23. The van der Waals surface area contributed by atoms with E-state index in [9.17, 15) is 0 Å². The lowest BCUT2D eigenvalue weighted by molar-refractivity contribution is 1.17. The zero-order chi connectivity index (χ0) is 12.1. The number of nitrogen functional groups attached to an aromatic ring is 1. The average molecular weight is 233 g/mol. The van der Waals surface area contributed by atoms with Crippen molar-refractivity contribution in [2.45, 2.75) is 0 Å². The number of nitrogens with zero attached hydrogens (tertiary/aromatic N) is 2. The molecule has 0 atom stereocenters. The quantitative estimate of drug-likeness (QED) is 0.506. The van der Waals surface area contributed by atoms with Crippen LogP contribution in [0.1, 0.15) is 0 Å². The lowest BCUT2D eigenvalue weighted by Crippen LogP contribution is -1.90. The van der Waals surface area contributed by atoms with Gasteiger partial charge in [0.15, 0.2) is 0 Å². The van der Waals surface area contributed by atoms with Crippen LogP contribution in [0.3, 0.4) is 0 Å². The van der Waals surface area contributed by atoms with Crippen molar-refractivity contribution >= 4 is 33.0 Å². The summed E-state index contributed by atoms with van der Waals surface area (Å²) >= 11 is 0. The third-order valence-corrected chi connectivity index (χ3v) is 3.42. The highest BCUT2D eigenvalue weighted by molar-refractivity contribution is 6.11. The Kier molecular flexibility index (Phi) is 1.70. The van der Waals surface area contributed by atoms with Crippen LogP contribution in [0.15, 0.2) is 54.9 Å². The molecular weight excluding hydrogens is 222 g/mol. The van der Waals surface area contributed by atoms with Gasteiger partial charge in [0.1, 0.15) is 6.33 Å². The first-order chi connectivity index (χ1) is 8.86. The van der Waals surface area contributed by atoms with Crippen LogP contribution in [0.2, 0.25) is 0 Å². The summed E-state index contributed by atoms with van der Waals surface area (Å²) in [5.41, 5.74) is 10.2. The summed E-state index contributed by atoms with van der Waals surface area (Å²) in [7, 11) is 0. The van der Waals surface area contributed by atoms with Gasteiger partial charge in [-0.3, -0.25) is 4.40 Å². The molecule has 0 radical (unpaired) electrons. The summed E-state index contributed by atoms with van der Waals surface area (Å²) in [4.78, 5) is 4.48. The molecule has 0 fully saturated rings. The molecule has 3 nitrogen and oxygen atoms in total. The molecular formula is C15H11N3. The lowest BCUT2D eigenvalue weighted by atomic mass is 10.2. The third-order valence-electron chi connectivity index (χ3n) is 3.42. The van der Waals surface area contributed by atoms with Gasteiger partial charge in [0.05, 0.1) is 22.2 Å². The lowest BCUT2D eigenvalue weighted by Gasteiger charge is -2.01. The van der Waals surface area contributed by atoms with Crippen molar-refractivity contribution in [1.29, 1.82) is 0 Å². The number of benzene rings is 2. The number of hydrogen-bond donors (Lipinski definition) is 1. The van der Waals surface area contributed by atoms with Crippen molar-refractivity contribution in [3.8, 4) is 0 Å². The summed E-state index contributed by atoms with van der Waals surface area (Å²) in [5, 5.41) is 2.17. The Labute approximate surface area is 103 Å². The van der Waals surface area contributed by atoms with Gasteiger partial charge in [0.2, 0.25) is 0 Å². The smallest absolute Gasteiger partial charge is 0.100 e. The number of aromatic nitrogens is 2. The Balaban J connectivity index is 2.39. The minimum atomic E-state index is 0.823. The molecule has 18 heavy (non-hydrogen) atoms. The van der Waals surface area contributed by atoms with Crippen molar-refractivity contribution in [3.05, 3.63) is 54.9 Å². The molecule has 0 bridgehead atoms. The van der Waals surface area contributed by atoms with Gasteiger partial charge >= 0.3 is 0 Å². The molecule has 0 saturated heterocycles. The van der Waals surface area contributed by atoms with Crippen LogP contribution >= 0.6 is 0 Å². The Hall–Kier alpha value is -2.55. The summed E-state index contributed by atoms with van der Waals surface area (Å²) in [6, 6.07) is 16.2. The van der Waals surface area contributed by atoms with Gasteiger partial charge < -0.3 is 5.73 Å². The molecule has 4 rings (SSSR count). The van der Waals surface area contributed by atoms with E-state index in [1.807, 2.05) is 42.7 Å². The number of para-hydroxylation sites is 2. The van der Waals surface area contributed by atoms with E-state index in [-0.39, 0.29) is 0 Å². The van der Waals surface area contributed by atoms with Crippen LogP contribution in [0, 0.1) is 0 Å².